The molecule has 0 radical (unpaired) electrons. The Hall–Kier alpha value is -1.84. The lowest BCUT2D eigenvalue weighted by Crippen LogP contribution is -2.43. The van der Waals surface area contributed by atoms with E-state index in [1.54, 1.807) is 0 Å². The molecule has 3 nitrogen and oxygen atoms in total. The first kappa shape index (κ1) is 21.9. The number of ether oxygens (including phenoxy) is 1. The van der Waals surface area contributed by atoms with Crippen molar-refractivity contribution in [2.24, 2.45) is 5.92 Å². The van der Waals surface area contributed by atoms with Crippen molar-refractivity contribution in [2.45, 2.75) is 58.0 Å². The molecule has 3 heteroatoms. The molecule has 0 aromatic heterocycles. The lowest BCUT2D eigenvalue weighted by Gasteiger charge is -2.42. The Morgan fingerprint density at radius 2 is 1.62 bits per heavy atom. The highest BCUT2D eigenvalue weighted by Gasteiger charge is 2.41. The van der Waals surface area contributed by atoms with Gasteiger partial charge in [-0.25, -0.2) is 0 Å². The molecule has 1 heterocycles. The first-order valence-electron chi connectivity index (χ1n) is 11.3. The predicted molar refractivity (Wildman–Crippen MR) is 120 cm³/mol. The van der Waals surface area contributed by atoms with Crippen molar-refractivity contribution < 1.29 is 9.84 Å². The van der Waals surface area contributed by atoms with Gasteiger partial charge in [0.15, 0.2) is 0 Å². The molecule has 0 spiro atoms. The molecule has 0 bridgehead atoms. The maximum absolute atomic E-state index is 12.3. The van der Waals surface area contributed by atoms with Crippen LogP contribution in [0.3, 0.4) is 0 Å². The number of benzene rings is 2. The van der Waals surface area contributed by atoms with Crippen LogP contribution in [0.5, 0.6) is 5.75 Å². The molecule has 0 amide bonds. The van der Waals surface area contributed by atoms with E-state index in [2.05, 4.69) is 61.2 Å². The fourth-order valence-corrected chi connectivity index (χ4v) is 4.71. The molecular weight excluding hydrogens is 358 g/mol. The van der Waals surface area contributed by atoms with Gasteiger partial charge in [-0.1, -0.05) is 62.7 Å². The first-order valence-corrected chi connectivity index (χ1v) is 11.3. The average molecular weight is 396 g/mol. The summed E-state index contributed by atoms with van der Waals surface area (Å²) in [5.74, 6) is 1.27. The van der Waals surface area contributed by atoms with Gasteiger partial charge in [0.05, 0.1) is 12.2 Å². The zero-order valence-corrected chi connectivity index (χ0v) is 18.3. The molecule has 3 rings (SSSR count). The molecule has 2 aromatic rings. The highest BCUT2D eigenvalue weighted by molar-refractivity contribution is 5.35. The minimum Gasteiger partial charge on any atom is -0.494 e. The van der Waals surface area contributed by atoms with Crippen LogP contribution in [0.4, 0.5) is 0 Å². The lowest BCUT2D eigenvalue weighted by atomic mass is 9.72. The first-order chi connectivity index (χ1) is 14.0. The largest absolute Gasteiger partial charge is 0.494 e. The highest BCUT2D eigenvalue weighted by atomic mass is 16.5. The summed E-state index contributed by atoms with van der Waals surface area (Å²) in [6, 6.07) is 18.7. The monoisotopic (exact) mass is 395 g/mol. The van der Waals surface area contributed by atoms with Crippen LogP contribution in [0.2, 0.25) is 0 Å². The number of nitrogens with zero attached hydrogens (tertiary/aromatic N) is 1. The van der Waals surface area contributed by atoms with E-state index in [1.165, 1.54) is 24.8 Å². The van der Waals surface area contributed by atoms with Gasteiger partial charge in [0.25, 0.3) is 0 Å². The van der Waals surface area contributed by atoms with Crippen LogP contribution in [-0.2, 0) is 5.60 Å². The fraction of sp³-hybridized carbons (Fsp3) is 0.538. The van der Waals surface area contributed by atoms with Crippen molar-refractivity contribution in [1.29, 1.82) is 0 Å². The molecule has 29 heavy (non-hydrogen) atoms. The zero-order valence-electron chi connectivity index (χ0n) is 18.3. The summed E-state index contributed by atoms with van der Waals surface area (Å²) in [4.78, 5) is 2.54. The Morgan fingerprint density at radius 1 is 0.966 bits per heavy atom. The van der Waals surface area contributed by atoms with Gasteiger partial charge in [0.1, 0.15) is 5.75 Å². The van der Waals surface area contributed by atoms with Crippen LogP contribution in [0.15, 0.2) is 54.6 Å². The minimum absolute atomic E-state index is 0.0298. The molecule has 1 fully saturated rings. The van der Waals surface area contributed by atoms with E-state index in [-0.39, 0.29) is 5.92 Å². The predicted octanol–water partition coefficient (Wildman–Crippen LogP) is 5.59. The van der Waals surface area contributed by atoms with Crippen LogP contribution >= 0.6 is 0 Å². The van der Waals surface area contributed by atoms with Gasteiger partial charge >= 0.3 is 0 Å². The molecule has 2 atom stereocenters. The zero-order chi connectivity index (χ0) is 20.7. The summed E-state index contributed by atoms with van der Waals surface area (Å²) < 4.78 is 5.63. The van der Waals surface area contributed by atoms with Crippen molar-refractivity contribution in [3.8, 4) is 5.75 Å². The smallest absolute Gasteiger partial charge is 0.119 e. The Morgan fingerprint density at radius 3 is 2.21 bits per heavy atom. The molecular formula is C26H37NO2. The molecule has 1 saturated heterocycles. The van der Waals surface area contributed by atoms with Crippen molar-refractivity contribution >= 4 is 0 Å². The molecule has 1 N–H and O–H groups in total. The van der Waals surface area contributed by atoms with Crippen LogP contribution in [0, 0.1) is 5.92 Å². The molecule has 0 saturated carbocycles. The van der Waals surface area contributed by atoms with Gasteiger partial charge in [-0.15, -0.1) is 0 Å². The van der Waals surface area contributed by atoms with Gasteiger partial charge < -0.3 is 14.7 Å². The van der Waals surface area contributed by atoms with Crippen molar-refractivity contribution in [2.75, 3.05) is 26.2 Å². The number of rotatable bonds is 9. The van der Waals surface area contributed by atoms with E-state index in [9.17, 15) is 5.11 Å². The van der Waals surface area contributed by atoms with E-state index < -0.39 is 5.60 Å². The third-order valence-corrected chi connectivity index (χ3v) is 6.05. The quantitative estimate of drug-likeness (QED) is 0.601. The number of hydrogen-bond donors (Lipinski definition) is 1. The molecule has 2 aromatic carbocycles. The fourth-order valence-electron chi connectivity index (χ4n) is 4.71. The number of piperidine rings is 1. The van der Waals surface area contributed by atoms with Crippen molar-refractivity contribution in [3.63, 3.8) is 0 Å². The summed E-state index contributed by atoms with van der Waals surface area (Å²) in [5, 5.41) is 12.3. The summed E-state index contributed by atoms with van der Waals surface area (Å²) in [6.45, 7) is 10.2. The second-order valence-electron chi connectivity index (χ2n) is 8.80. The van der Waals surface area contributed by atoms with E-state index in [4.69, 9.17) is 4.74 Å². The second kappa shape index (κ2) is 10.3. The maximum atomic E-state index is 12.3. The van der Waals surface area contributed by atoms with E-state index in [0.717, 1.165) is 37.4 Å². The third kappa shape index (κ3) is 5.61. The summed E-state index contributed by atoms with van der Waals surface area (Å²) in [7, 11) is 0. The molecule has 1 aliphatic rings. The Balaban J connectivity index is 1.99. The normalized spacial score (nSPS) is 18.4. The Kier molecular flexibility index (Phi) is 7.74. The minimum atomic E-state index is -0.919. The van der Waals surface area contributed by atoms with E-state index >= 15 is 0 Å². The van der Waals surface area contributed by atoms with Gasteiger partial charge in [0, 0.05) is 12.5 Å². The van der Waals surface area contributed by atoms with Gasteiger partial charge in [0.2, 0.25) is 0 Å². The third-order valence-electron chi connectivity index (χ3n) is 6.05. The Bertz CT molecular complexity index is 722. The van der Waals surface area contributed by atoms with Gasteiger partial charge in [-0.2, -0.15) is 0 Å². The summed E-state index contributed by atoms with van der Waals surface area (Å²) in [6.07, 6.45) is 4.57. The molecule has 0 unspecified atom stereocenters. The summed E-state index contributed by atoms with van der Waals surface area (Å²) in [5.41, 5.74) is 1.29. The standard InChI is InChI=1S/C26H37NO2/c1-4-29-24-15-13-23(14-16-24)26(28,19-21(2)3)25(22-11-7-5-8-12-22)20-27-17-9-6-10-18-27/h5,7-8,11-16,21,25,28H,4,6,9-10,17-20H2,1-3H3/t25-,26+/m1/s1. The SMILES string of the molecule is CCOc1ccc([C@@](O)(CC(C)C)[C@H](CN2CCCCC2)c2ccccc2)cc1. The second-order valence-corrected chi connectivity index (χ2v) is 8.80. The number of aliphatic hydroxyl groups is 1. The van der Waals surface area contributed by atoms with Crippen LogP contribution in [0.25, 0.3) is 0 Å². The van der Waals surface area contributed by atoms with Crippen molar-refractivity contribution in [1.82, 2.24) is 4.90 Å². The Labute approximate surface area is 176 Å². The number of hydrogen-bond acceptors (Lipinski definition) is 3. The summed E-state index contributed by atoms with van der Waals surface area (Å²) >= 11 is 0. The lowest BCUT2D eigenvalue weighted by molar-refractivity contribution is -0.0245. The topological polar surface area (TPSA) is 32.7 Å². The molecule has 158 valence electrons. The van der Waals surface area contributed by atoms with Crippen LogP contribution in [-0.4, -0.2) is 36.2 Å². The maximum Gasteiger partial charge on any atom is 0.119 e. The van der Waals surface area contributed by atoms with Gasteiger partial charge in [-0.3, -0.25) is 0 Å². The average Bonchev–Trinajstić information content (AvgIpc) is 2.73. The van der Waals surface area contributed by atoms with Gasteiger partial charge in [-0.05, 0) is 68.5 Å². The van der Waals surface area contributed by atoms with Crippen molar-refractivity contribution in [3.05, 3.63) is 65.7 Å². The molecule has 1 aliphatic heterocycles. The van der Waals surface area contributed by atoms with E-state index in [1.807, 2.05) is 19.1 Å². The van der Waals surface area contributed by atoms with Crippen LogP contribution in [0.1, 0.15) is 63.5 Å². The van der Waals surface area contributed by atoms with Crippen LogP contribution < -0.4 is 4.74 Å². The molecule has 0 aliphatic carbocycles. The number of likely N-dealkylation sites (tertiary alicyclic amines) is 1. The highest BCUT2D eigenvalue weighted by Crippen LogP contribution is 2.43. The van der Waals surface area contributed by atoms with E-state index in [0.29, 0.717) is 12.5 Å².